The van der Waals surface area contributed by atoms with E-state index in [0.717, 1.165) is 11.3 Å². The molecule has 3 amide bonds. The lowest BCUT2D eigenvalue weighted by Crippen LogP contribution is -2.50. The summed E-state index contributed by atoms with van der Waals surface area (Å²) in [6.45, 7) is 2.51. The highest BCUT2D eigenvalue weighted by molar-refractivity contribution is 5.97. The van der Waals surface area contributed by atoms with Crippen LogP contribution in [0.25, 0.3) is 0 Å². The van der Waals surface area contributed by atoms with Crippen molar-refractivity contribution in [2.75, 3.05) is 38.2 Å². The molecule has 6 rings (SSSR count). The number of piperidine rings is 2. The molecule has 1 aromatic heterocycles. The standard InChI is InChI=1S/C30H33N5O6/c1-39-27-18-24(41-23-10-15-33(16-11-23)29(37)34-17-12-31-20-34)6-7-25(27)28(36)32-13-8-22(9-14-32)35-26-5-3-2-4-21(26)19-40-30(35)38/h2-7,12,17-18,20,22-23H,8-11,13-16,19H2,1H3. The predicted molar refractivity (Wildman–Crippen MR) is 149 cm³/mol. The lowest BCUT2D eigenvalue weighted by molar-refractivity contribution is 0.0705. The Morgan fingerprint density at radius 1 is 0.976 bits per heavy atom. The van der Waals surface area contributed by atoms with Crippen molar-refractivity contribution in [2.45, 2.75) is 44.4 Å². The van der Waals surface area contributed by atoms with Crippen molar-refractivity contribution in [3.8, 4) is 11.5 Å². The number of aromatic nitrogens is 2. The van der Waals surface area contributed by atoms with Gasteiger partial charge in [-0.25, -0.2) is 14.6 Å². The van der Waals surface area contributed by atoms with Gasteiger partial charge in [-0.2, -0.15) is 0 Å². The Labute approximate surface area is 238 Å². The highest BCUT2D eigenvalue weighted by atomic mass is 16.6. The van der Waals surface area contributed by atoms with Gasteiger partial charge in [0.25, 0.3) is 5.91 Å². The van der Waals surface area contributed by atoms with Gasteiger partial charge in [0.2, 0.25) is 0 Å². The predicted octanol–water partition coefficient (Wildman–Crippen LogP) is 4.16. The maximum atomic E-state index is 13.5. The summed E-state index contributed by atoms with van der Waals surface area (Å²) in [5.74, 6) is 0.967. The maximum Gasteiger partial charge on any atom is 0.414 e. The fraction of sp³-hybridized carbons (Fsp3) is 0.400. The average Bonchev–Trinajstić information content (AvgIpc) is 3.56. The number of hydrogen-bond acceptors (Lipinski definition) is 7. The third-order valence-electron chi connectivity index (χ3n) is 8.06. The van der Waals surface area contributed by atoms with Crippen LogP contribution >= 0.6 is 0 Å². The van der Waals surface area contributed by atoms with Crippen LogP contribution < -0.4 is 14.4 Å². The Bertz CT molecular complexity index is 1410. The molecule has 0 bridgehead atoms. The van der Waals surface area contributed by atoms with E-state index < -0.39 is 0 Å². The molecule has 0 atom stereocenters. The number of para-hydroxylation sites is 1. The van der Waals surface area contributed by atoms with Gasteiger partial charge in [-0.3, -0.25) is 14.3 Å². The molecule has 3 aromatic rings. The number of methoxy groups -OCH3 is 1. The van der Waals surface area contributed by atoms with E-state index in [0.29, 0.717) is 68.9 Å². The molecule has 2 fully saturated rings. The van der Waals surface area contributed by atoms with Gasteiger partial charge in [0, 0.05) is 69.1 Å². The Hall–Kier alpha value is -4.54. The average molecular weight is 560 g/mol. The lowest BCUT2D eigenvalue weighted by atomic mass is 10.00. The highest BCUT2D eigenvalue weighted by Gasteiger charge is 2.35. The second-order valence-corrected chi connectivity index (χ2v) is 10.5. The van der Waals surface area contributed by atoms with Crippen LogP contribution in [0.3, 0.4) is 0 Å². The fourth-order valence-electron chi connectivity index (χ4n) is 5.83. The minimum Gasteiger partial charge on any atom is -0.496 e. The summed E-state index contributed by atoms with van der Waals surface area (Å²) in [4.78, 5) is 47.9. The zero-order chi connectivity index (χ0) is 28.3. The highest BCUT2D eigenvalue weighted by Crippen LogP contribution is 2.33. The Morgan fingerprint density at radius 2 is 1.73 bits per heavy atom. The van der Waals surface area contributed by atoms with Gasteiger partial charge in [0.15, 0.2) is 0 Å². The van der Waals surface area contributed by atoms with Crippen molar-refractivity contribution in [3.05, 3.63) is 72.3 Å². The van der Waals surface area contributed by atoms with E-state index in [-0.39, 0.29) is 36.8 Å². The van der Waals surface area contributed by atoms with Crippen LogP contribution in [0.1, 0.15) is 41.6 Å². The number of carbonyl (C=O) groups is 3. The van der Waals surface area contributed by atoms with E-state index >= 15 is 0 Å². The number of nitrogens with zero attached hydrogens (tertiary/aromatic N) is 5. The summed E-state index contributed by atoms with van der Waals surface area (Å²) < 4.78 is 18.7. The van der Waals surface area contributed by atoms with Gasteiger partial charge in [-0.1, -0.05) is 18.2 Å². The summed E-state index contributed by atoms with van der Waals surface area (Å²) in [5.41, 5.74) is 2.36. The number of rotatable bonds is 5. The Kier molecular flexibility index (Phi) is 7.49. The van der Waals surface area contributed by atoms with Gasteiger partial charge in [0.1, 0.15) is 30.5 Å². The first-order chi connectivity index (χ1) is 20.0. The quantitative estimate of drug-likeness (QED) is 0.462. The van der Waals surface area contributed by atoms with Crippen molar-refractivity contribution < 1.29 is 28.6 Å². The minimum atomic E-state index is -0.332. The molecule has 214 valence electrons. The van der Waals surface area contributed by atoms with Gasteiger partial charge < -0.3 is 24.0 Å². The summed E-state index contributed by atoms with van der Waals surface area (Å²) in [7, 11) is 1.54. The van der Waals surface area contributed by atoms with E-state index in [1.54, 1.807) is 47.5 Å². The van der Waals surface area contributed by atoms with Crippen LogP contribution in [-0.2, 0) is 11.3 Å². The van der Waals surface area contributed by atoms with Gasteiger partial charge in [-0.05, 0) is 31.0 Å². The number of ether oxygens (including phenoxy) is 3. The number of likely N-dealkylation sites (tertiary alicyclic amines) is 2. The maximum absolute atomic E-state index is 13.5. The molecule has 0 aliphatic carbocycles. The number of benzene rings is 2. The molecule has 2 saturated heterocycles. The summed E-state index contributed by atoms with van der Waals surface area (Å²) >= 11 is 0. The summed E-state index contributed by atoms with van der Waals surface area (Å²) in [6, 6.07) is 13.0. The Morgan fingerprint density at radius 3 is 2.46 bits per heavy atom. The molecule has 0 saturated carbocycles. The van der Waals surface area contributed by atoms with Crippen molar-refractivity contribution in [2.24, 2.45) is 0 Å². The summed E-state index contributed by atoms with van der Waals surface area (Å²) in [5, 5.41) is 0. The topological polar surface area (TPSA) is 106 Å². The molecular weight excluding hydrogens is 526 g/mol. The number of carbonyl (C=O) groups excluding carboxylic acids is 3. The number of anilines is 1. The van der Waals surface area contributed by atoms with Crippen LogP contribution in [0.4, 0.5) is 15.3 Å². The zero-order valence-electron chi connectivity index (χ0n) is 23.0. The second kappa shape index (κ2) is 11.5. The molecule has 2 aromatic carbocycles. The molecule has 11 heteroatoms. The molecule has 41 heavy (non-hydrogen) atoms. The second-order valence-electron chi connectivity index (χ2n) is 10.5. The largest absolute Gasteiger partial charge is 0.496 e. The van der Waals surface area contributed by atoms with Crippen LogP contribution in [0.2, 0.25) is 0 Å². The van der Waals surface area contributed by atoms with Gasteiger partial charge >= 0.3 is 12.1 Å². The van der Waals surface area contributed by atoms with Crippen LogP contribution in [0.5, 0.6) is 11.5 Å². The Balaban J connectivity index is 1.05. The first-order valence-corrected chi connectivity index (χ1v) is 14.0. The lowest BCUT2D eigenvalue weighted by Gasteiger charge is -2.40. The number of fused-ring (bicyclic) bond motifs is 1. The monoisotopic (exact) mass is 559 g/mol. The fourth-order valence-corrected chi connectivity index (χ4v) is 5.83. The first kappa shape index (κ1) is 26.7. The van der Waals surface area contributed by atoms with Crippen molar-refractivity contribution in [3.63, 3.8) is 0 Å². The van der Waals surface area contributed by atoms with E-state index in [9.17, 15) is 14.4 Å². The number of imidazole rings is 1. The van der Waals surface area contributed by atoms with Crippen molar-refractivity contribution >= 4 is 23.7 Å². The van der Waals surface area contributed by atoms with E-state index in [4.69, 9.17) is 14.2 Å². The normalized spacial score (nSPS) is 18.1. The molecule has 3 aliphatic rings. The third-order valence-corrected chi connectivity index (χ3v) is 8.06. The zero-order valence-corrected chi connectivity index (χ0v) is 23.0. The molecule has 11 nitrogen and oxygen atoms in total. The molecular formula is C30H33N5O6. The molecule has 4 heterocycles. The van der Waals surface area contributed by atoms with E-state index in [2.05, 4.69) is 4.98 Å². The SMILES string of the molecule is COc1cc(OC2CCN(C(=O)n3ccnc3)CC2)ccc1C(=O)N1CCC(N2C(=O)OCc3ccccc32)CC1. The van der Waals surface area contributed by atoms with Crippen LogP contribution in [-0.4, -0.2) is 82.8 Å². The van der Waals surface area contributed by atoms with Crippen molar-refractivity contribution in [1.29, 1.82) is 0 Å². The molecule has 0 radical (unpaired) electrons. The minimum absolute atomic E-state index is 0.0349. The number of cyclic esters (lactones) is 1. The summed E-state index contributed by atoms with van der Waals surface area (Å²) in [6.07, 6.45) is 7.07. The third kappa shape index (κ3) is 5.44. The molecule has 3 aliphatic heterocycles. The van der Waals surface area contributed by atoms with E-state index in [1.807, 2.05) is 29.2 Å². The molecule has 0 unspecified atom stereocenters. The molecule has 0 spiro atoms. The van der Waals surface area contributed by atoms with Crippen molar-refractivity contribution in [1.82, 2.24) is 19.4 Å². The number of amides is 3. The van der Waals surface area contributed by atoms with Crippen LogP contribution in [0.15, 0.2) is 61.2 Å². The van der Waals surface area contributed by atoms with Gasteiger partial charge in [0.05, 0.1) is 18.4 Å². The smallest absolute Gasteiger partial charge is 0.414 e. The van der Waals surface area contributed by atoms with Crippen LogP contribution in [0, 0.1) is 0 Å². The van der Waals surface area contributed by atoms with Gasteiger partial charge in [-0.15, -0.1) is 0 Å². The first-order valence-electron chi connectivity index (χ1n) is 14.0. The van der Waals surface area contributed by atoms with E-state index in [1.165, 1.54) is 10.9 Å². The number of hydrogen-bond donors (Lipinski definition) is 0. The molecule has 0 N–H and O–H groups in total.